The highest BCUT2D eigenvalue weighted by atomic mass is 19.4. The van der Waals surface area contributed by atoms with E-state index in [1.165, 1.54) is 0 Å². The van der Waals surface area contributed by atoms with Crippen LogP contribution in [0.5, 0.6) is 5.88 Å². The molecule has 0 amide bonds. The van der Waals surface area contributed by atoms with Crippen LogP contribution < -0.4 is 4.74 Å². The summed E-state index contributed by atoms with van der Waals surface area (Å²) < 4.78 is 62.2. The molecule has 1 N–H and O–H groups in total. The van der Waals surface area contributed by atoms with Gasteiger partial charge in [0.15, 0.2) is 0 Å². The average molecular weight is 216 g/mol. The van der Waals surface area contributed by atoms with E-state index in [1.54, 1.807) is 0 Å². The Labute approximate surface area is 74.9 Å². The molecule has 0 aliphatic rings. The van der Waals surface area contributed by atoms with Crippen molar-refractivity contribution in [3.05, 3.63) is 11.8 Å². The first-order chi connectivity index (χ1) is 6.37. The van der Waals surface area contributed by atoms with Crippen molar-refractivity contribution in [3.63, 3.8) is 0 Å². The number of rotatable bonds is 3. The Morgan fingerprint density at radius 1 is 1.43 bits per heavy atom. The second-order valence-electron chi connectivity index (χ2n) is 2.40. The van der Waals surface area contributed by atoms with Crippen molar-refractivity contribution < 1.29 is 26.7 Å². The number of nitrogens with zero attached hydrogens (tertiary/aromatic N) is 1. The Bertz CT molecular complexity index is 295. The molecule has 0 fully saturated rings. The highest BCUT2D eigenvalue weighted by Crippen LogP contribution is 2.22. The number of H-pyrrole nitrogens is 1. The summed E-state index contributed by atoms with van der Waals surface area (Å²) in [4.78, 5) is 0. The van der Waals surface area contributed by atoms with Gasteiger partial charge in [-0.05, 0) is 0 Å². The third-order valence-corrected chi connectivity index (χ3v) is 1.21. The lowest BCUT2D eigenvalue weighted by atomic mass is 10.3. The molecule has 1 heterocycles. The van der Waals surface area contributed by atoms with Gasteiger partial charge in [0.05, 0.1) is 6.42 Å². The van der Waals surface area contributed by atoms with Gasteiger partial charge in [0.25, 0.3) is 0 Å². The van der Waals surface area contributed by atoms with Crippen molar-refractivity contribution >= 4 is 0 Å². The predicted molar refractivity (Wildman–Crippen MR) is 35.0 cm³/mol. The van der Waals surface area contributed by atoms with Crippen molar-refractivity contribution in [1.29, 1.82) is 0 Å². The van der Waals surface area contributed by atoms with Crippen LogP contribution in [-0.2, 0) is 6.42 Å². The lowest BCUT2D eigenvalue weighted by Gasteiger charge is -2.01. The maximum Gasteiger partial charge on any atom is 0.394 e. The zero-order chi connectivity index (χ0) is 10.8. The Kier molecular flexibility index (Phi) is 2.92. The number of aromatic nitrogens is 2. The number of hydrogen-bond acceptors (Lipinski definition) is 2. The Balaban J connectivity index is 2.60. The van der Waals surface area contributed by atoms with E-state index in [0.29, 0.717) is 0 Å². The first-order valence-electron chi connectivity index (χ1n) is 3.42. The average Bonchev–Trinajstić information content (AvgIpc) is 2.30. The van der Waals surface area contributed by atoms with Crippen LogP contribution in [0.25, 0.3) is 0 Å². The molecule has 0 aliphatic heterocycles. The summed E-state index contributed by atoms with van der Waals surface area (Å²) in [5.41, 5.74) is -0.326. The Hall–Kier alpha value is -1.34. The molecule has 0 bridgehead atoms. The fraction of sp³-hybridized carbons (Fsp3) is 0.500. The minimum atomic E-state index is -4.41. The van der Waals surface area contributed by atoms with Gasteiger partial charge in [-0.3, -0.25) is 5.10 Å². The zero-order valence-electron chi connectivity index (χ0n) is 6.61. The normalized spacial score (nSPS) is 12.1. The van der Waals surface area contributed by atoms with Crippen molar-refractivity contribution in [2.45, 2.75) is 19.2 Å². The van der Waals surface area contributed by atoms with Gasteiger partial charge in [-0.1, -0.05) is 0 Å². The number of nitrogens with one attached hydrogen (secondary N) is 1. The van der Waals surface area contributed by atoms with E-state index in [4.69, 9.17) is 0 Å². The molecule has 8 heteroatoms. The first kappa shape index (κ1) is 10.7. The van der Waals surface area contributed by atoms with E-state index >= 15 is 0 Å². The molecule has 0 aromatic carbocycles. The molecule has 1 aromatic rings. The van der Waals surface area contributed by atoms with Gasteiger partial charge in [-0.25, -0.2) is 0 Å². The molecule has 80 valence electrons. The van der Waals surface area contributed by atoms with Gasteiger partial charge in [0, 0.05) is 11.8 Å². The summed E-state index contributed by atoms with van der Waals surface area (Å²) >= 11 is 0. The molecule has 0 spiro atoms. The van der Waals surface area contributed by atoms with Crippen molar-refractivity contribution in [1.82, 2.24) is 10.2 Å². The van der Waals surface area contributed by atoms with Crippen LogP contribution in [0.4, 0.5) is 22.0 Å². The minimum Gasteiger partial charge on any atom is -0.415 e. The highest BCUT2D eigenvalue weighted by molar-refractivity contribution is 5.14. The second kappa shape index (κ2) is 3.81. The van der Waals surface area contributed by atoms with Gasteiger partial charge in [-0.2, -0.15) is 22.0 Å². The van der Waals surface area contributed by atoms with Gasteiger partial charge in [0.2, 0.25) is 5.88 Å². The quantitative estimate of drug-likeness (QED) is 0.785. The van der Waals surface area contributed by atoms with Crippen molar-refractivity contribution in [3.8, 4) is 5.88 Å². The third-order valence-electron chi connectivity index (χ3n) is 1.21. The smallest absolute Gasteiger partial charge is 0.394 e. The molecule has 0 aliphatic carbocycles. The second-order valence-corrected chi connectivity index (χ2v) is 2.40. The van der Waals surface area contributed by atoms with Crippen LogP contribution in [0.3, 0.4) is 0 Å². The molecule has 0 saturated carbocycles. The van der Waals surface area contributed by atoms with Gasteiger partial charge in [0.1, 0.15) is 0 Å². The molecule has 0 radical (unpaired) electrons. The van der Waals surface area contributed by atoms with Crippen LogP contribution in [0.2, 0.25) is 0 Å². The lowest BCUT2D eigenvalue weighted by molar-refractivity contribution is -0.127. The van der Waals surface area contributed by atoms with Crippen LogP contribution >= 0.6 is 0 Å². The standard InChI is InChI=1S/C6H5F5N2O/c7-5(8)14-4-1-3(12-13-4)2-6(9,10)11/h1,5H,2H2,(H,12,13). The van der Waals surface area contributed by atoms with Crippen LogP contribution in [0, 0.1) is 0 Å². The Morgan fingerprint density at radius 2 is 2.07 bits per heavy atom. The van der Waals surface area contributed by atoms with E-state index in [0.717, 1.165) is 6.07 Å². The lowest BCUT2D eigenvalue weighted by Crippen LogP contribution is -2.11. The van der Waals surface area contributed by atoms with Crippen LogP contribution in [0.1, 0.15) is 5.69 Å². The van der Waals surface area contributed by atoms with Crippen LogP contribution in [0.15, 0.2) is 6.07 Å². The maximum atomic E-state index is 11.8. The summed E-state index contributed by atoms with van der Waals surface area (Å²) in [7, 11) is 0. The van der Waals surface area contributed by atoms with E-state index in [-0.39, 0.29) is 5.69 Å². The summed E-state index contributed by atoms with van der Waals surface area (Å²) in [6.45, 7) is -3.10. The number of hydrogen-bond donors (Lipinski definition) is 1. The number of alkyl halides is 5. The molecule has 1 aromatic heterocycles. The largest absolute Gasteiger partial charge is 0.415 e. The predicted octanol–water partition coefficient (Wildman–Crippen LogP) is 2.12. The third kappa shape index (κ3) is 3.58. The zero-order valence-corrected chi connectivity index (χ0v) is 6.61. The highest BCUT2D eigenvalue weighted by Gasteiger charge is 2.29. The molecule has 1 rings (SSSR count). The van der Waals surface area contributed by atoms with E-state index < -0.39 is 25.1 Å². The number of ether oxygens (including phenoxy) is 1. The monoisotopic (exact) mass is 216 g/mol. The van der Waals surface area contributed by atoms with Crippen molar-refractivity contribution in [2.24, 2.45) is 0 Å². The van der Waals surface area contributed by atoms with E-state index in [2.05, 4.69) is 9.84 Å². The maximum absolute atomic E-state index is 11.8. The summed E-state index contributed by atoms with van der Waals surface area (Å²) in [5, 5.41) is 5.05. The molecule has 0 atom stereocenters. The summed E-state index contributed by atoms with van der Waals surface area (Å²) in [6, 6.07) is 0.777. The topological polar surface area (TPSA) is 37.9 Å². The fourth-order valence-electron chi connectivity index (χ4n) is 0.799. The van der Waals surface area contributed by atoms with Gasteiger partial charge >= 0.3 is 12.8 Å². The molecule has 14 heavy (non-hydrogen) atoms. The first-order valence-corrected chi connectivity index (χ1v) is 3.42. The number of halogens is 5. The molecule has 0 unspecified atom stereocenters. The summed E-state index contributed by atoms with van der Waals surface area (Å²) in [6.07, 6.45) is -5.67. The molecular weight excluding hydrogens is 211 g/mol. The molecular formula is C6H5F5N2O. The molecule has 0 saturated heterocycles. The van der Waals surface area contributed by atoms with Crippen LogP contribution in [-0.4, -0.2) is 23.0 Å². The van der Waals surface area contributed by atoms with Gasteiger partial charge < -0.3 is 4.74 Å². The SMILES string of the molecule is FC(F)Oc1cc(CC(F)(F)F)[nH]n1. The molecule has 3 nitrogen and oxygen atoms in total. The fourth-order valence-corrected chi connectivity index (χ4v) is 0.799. The summed E-state index contributed by atoms with van der Waals surface area (Å²) in [5.74, 6) is -0.556. The Morgan fingerprint density at radius 3 is 2.57 bits per heavy atom. The van der Waals surface area contributed by atoms with Gasteiger partial charge in [-0.15, -0.1) is 5.10 Å². The number of aromatic amines is 1. The minimum absolute atomic E-state index is 0.326. The van der Waals surface area contributed by atoms with E-state index in [1.807, 2.05) is 5.10 Å². The van der Waals surface area contributed by atoms with E-state index in [9.17, 15) is 22.0 Å². The van der Waals surface area contributed by atoms with Crippen molar-refractivity contribution in [2.75, 3.05) is 0 Å².